The molecule has 3 heteroatoms. The van der Waals surface area contributed by atoms with E-state index >= 15 is 0 Å². The van der Waals surface area contributed by atoms with Gasteiger partial charge in [-0.3, -0.25) is 0 Å². The van der Waals surface area contributed by atoms with Gasteiger partial charge in [-0.1, -0.05) is 25.0 Å². The predicted octanol–water partition coefficient (Wildman–Crippen LogP) is 2.98. The highest BCUT2D eigenvalue weighted by molar-refractivity contribution is 5.47. The van der Waals surface area contributed by atoms with Crippen LogP contribution in [-0.2, 0) is 0 Å². The monoisotopic (exact) mass is 235 g/mol. The van der Waals surface area contributed by atoms with Crippen LogP contribution < -0.4 is 10.5 Å². The molecular formula is C14H21NO2. The van der Waals surface area contributed by atoms with Gasteiger partial charge in [0.05, 0.1) is 6.61 Å². The van der Waals surface area contributed by atoms with Gasteiger partial charge in [0.1, 0.15) is 0 Å². The lowest BCUT2D eigenvalue weighted by Gasteiger charge is -2.21. The topological polar surface area (TPSA) is 55.5 Å². The highest BCUT2D eigenvalue weighted by atomic mass is 16.5. The second-order valence-corrected chi connectivity index (χ2v) is 4.70. The van der Waals surface area contributed by atoms with Gasteiger partial charge < -0.3 is 15.6 Å². The third-order valence-corrected chi connectivity index (χ3v) is 3.60. The maximum Gasteiger partial charge on any atom is 0.162 e. The number of hydrogen-bond acceptors (Lipinski definition) is 3. The van der Waals surface area contributed by atoms with E-state index in [1.165, 1.54) is 25.7 Å². The summed E-state index contributed by atoms with van der Waals surface area (Å²) in [6.45, 7) is 2.46. The second kappa shape index (κ2) is 5.41. The number of benzene rings is 1. The highest BCUT2D eigenvalue weighted by Gasteiger charge is 2.25. The van der Waals surface area contributed by atoms with Gasteiger partial charge in [-0.2, -0.15) is 0 Å². The molecule has 94 valence electrons. The van der Waals surface area contributed by atoms with Crippen LogP contribution in [0.1, 0.15) is 44.2 Å². The van der Waals surface area contributed by atoms with Gasteiger partial charge in [0, 0.05) is 11.6 Å². The van der Waals surface area contributed by atoms with Crippen molar-refractivity contribution in [3.63, 3.8) is 0 Å². The first kappa shape index (κ1) is 12.2. The van der Waals surface area contributed by atoms with Crippen LogP contribution in [0.5, 0.6) is 11.5 Å². The second-order valence-electron chi connectivity index (χ2n) is 4.70. The Morgan fingerprint density at radius 1 is 1.41 bits per heavy atom. The SMILES string of the molecule is CCOc1cccc([C@H](N)C2CCCC2)c1O. The van der Waals surface area contributed by atoms with Crippen molar-refractivity contribution in [2.75, 3.05) is 6.61 Å². The summed E-state index contributed by atoms with van der Waals surface area (Å²) in [5, 5.41) is 10.1. The summed E-state index contributed by atoms with van der Waals surface area (Å²) >= 11 is 0. The number of phenolic OH excluding ortho intramolecular Hbond substituents is 1. The summed E-state index contributed by atoms with van der Waals surface area (Å²) in [4.78, 5) is 0. The Hall–Kier alpha value is -1.22. The van der Waals surface area contributed by atoms with E-state index in [-0.39, 0.29) is 11.8 Å². The lowest BCUT2D eigenvalue weighted by atomic mass is 9.92. The van der Waals surface area contributed by atoms with Gasteiger partial charge in [0.2, 0.25) is 0 Å². The lowest BCUT2D eigenvalue weighted by Crippen LogP contribution is -2.19. The molecule has 1 aliphatic rings. The zero-order valence-corrected chi connectivity index (χ0v) is 10.4. The number of para-hydroxylation sites is 1. The Bertz CT molecular complexity index is 372. The molecule has 3 N–H and O–H groups in total. The van der Waals surface area contributed by atoms with Crippen LogP contribution in [0, 0.1) is 5.92 Å². The van der Waals surface area contributed by atoms with E-state index in [2.05, 4.69) is 0 Å². The Morgan fingerprint density at radius 2 is 2.12 bits per heavy atom. The van der Waals surface area contributed by atoms with Gasteiger partial charge in [-0.05, 0) is 31.7 Å². The standard InChI is InChI=1S/C14H21NO2/c1-2-17-12-9-5-8-11(14(12)16)13(15)10-6-3-4-7-10/h5,8-10,13,16H,2-4,6-7,15H2,1H3/t13-/m1/s1. The molecule has 0 saturated heterocycles. The van der Waals surface area contributed by atoms with Crippen molar-refractivity contribution in [1.29, 1.82) is 0 Å². The van der Waals surface area contributed by atoms with Crippen LogP contribution >= 0.6 is 0 Å². The van der Waals surface area contributed by atoms with Gasteiger partial charge >= 0.3 is 0 Å². The first-order valence-electron chi connectivity index (χ1n) is 6.44. The fourth-order valence-corrected chi connectivity index (χ4v) is 2.65. The van der Waals surface area contributed by atoms with Crippen molar-refractivity contribution in [2.24, 2.45) is 11.7 Å². The number of aromatic hydroxyl groups is 1. The van der Waals surface area contributed by atoms with Gasteiger partial charge in [-0.15, -0.1) is 0 Å². The van der Waals surface area contributed by atoms with Crippen molar-refractivity contribution in [3.05, 3.63) is 23.8 Å². The van der Waals surface area contributed by atoms with Crippen LogP contribution in [0.25, 0.3) is 0 Å². The number of rotatable bonds is 4. The Labute approximate surface area is 103 Å². The quantitative estimate of drug-likeness (QED) is 0.843. The minimum Gasteiger partial charge on any atom is -0.504 e. The lowest BCUT2D eigenvalue weighted by molar-refractivity contribution is 0.313. The minimum atomic E-state index is -0.0714. The van der Waals surface area contributed by atoms with Crippen LogP contribution in [0.3, 0.4) is 0 Å². The van der Waals surface area contributed by atoms with Crippen molar-refractivity contribution < 1.29 is 9.84 Å². The average molecular weight is 235 g/mol. The molecule has 1 saturated carbocycles. The van der Waals surface area contributed by atoms with Crippen LogP contribution in [0.2, 0.25) is 0 Å². The maximum atomic E-state index is 10.1. The molecule has 2 rings (SSSR count). The van der Waals surface area contributed by atoms with E-state index in [1.54, 1.807) is 6.07 Å². The molecule has 0 aliphatic heterocycles. The molecule has 17 heavy (non-hydrogen) atoms. The molecule has 1 fully saturated rings. The van der Waals surface area contributed by atoms with E-state index in [0.29, 0.717) is 18.3 Å². The van der Waals surface area contributed by atoms with Crippen LogP contribution in [0.4, 0.5) is 0 Å². The van der Waals surface area contributed by atoms with Crippen LogP contribution in [-0.4, -0.2) is 11.7 Å². The van der Waals surface area contributed by atoms with Crippen molar-refractivity contribution in [3.8, 4) is 11.5 Å². The molecule has 0 bridgehead atoms. The van der Waals surface area contributed by atoms with Gasteiger partial charge in [0.25, 0.3) is 0 Å². The smallest absolute Gasteiger partial charge is 0.162 e. The molecule has 1 aromatic rings. The Balaban J connectivity index is 2.21. The largest absolute Gasteiger partial charge is 0.504 e. The maximum absolute atomic E-state index is 10.1. The van der Waals surface area contributed by atoms with E-state index in [1.807, 2.05) is 19.1 Å². The van der Waals surface area contributed by atoms with Crippen molar-refractivity contribution in [1.82, 2.24) is 0 Å². The van der Waals surface area contributed by atoms with Gasteiger partial charge in [-0.25, -0.2) is 0 Å². The summed E-state index contributed by atoms with van der Waals surface area (Å²) in [6, 6.07) is 5.51. The summed E-state index contributed by atoms with van der Waals surface area (Å²) in [5.41, 5.74) is 7.07. The number of ether oxygens (including phenoxy) is 1. The number of hydrogen-bond donors (Lipinski definition) is 2. The fraction of sp³-hybridized carbons (Fsp3) is 0.571. The molecule has 0 unspecified atom stereocenters. The highest BCUT2D eigenvalue weighted by Crippen LogP contribution is 2.40. The predicted molar refractivity (Wildman–Crippen MR) is 68.2 cm³/mol. The molecule has 3 nitrogen and oxygen atoms in total. The molecule has 1 atom stereocenters. The zero-order valence-electron chi connectivity index (χ0n) is 10.4. The average Bonchev–Trinajstić information content (AvgIpc) is 2.85. The molecule has 0 radical (unpaired) electrons. The minimum absolute atomic E-state index is 0.0714. The summed E-state index contributed by atoms with van der Waals surface area (Å²) < 4.78 is 5.38. The third-order valence-electron chi connectivity index (χ3n) is 3.60. The first-order valence-corrected chi connectivity index (χ1v) is 6.44. The normalized spacial score (nSPS) is 18.2. The molecular weight excluding hydrogens is 214 g/mol. The summed E-state index contributed by atoms with van der Waals surface area (Å²) in [7, 11) is 0. The fourth-order valence-electron chi connectivity index (χ4n) is 2.65. The third kappa shape index (κ3) is 2.55. The van der Waals surface area contributed by atoms with E-state index < -0.39 is 0 Å². The molecule has 1 aliphatic carbocycles. The molecule has 0 spiro atoms. The Kier molecular flexibility index (Phi) is 3.89. The Morgan fingerprint density at radius 3 is 2.76 bits per heavy atom. The summed E-state index contributed by atoms with van der Waals surface area (Å²) in [5.74, 6) is 1.25. The van der Waals surface area contributed by atoms with Crippen molar-refractivity contribution >= 4 is 0 Å². The molecule has 0 heterocycles. The van der Waals surface area contributed by atoms with Crippen molar-refractivity contribution in [2.45, 2.75) is 38.6 Å². The molecule has 0 amide bonds. The number of nitrogens with two attached hydrogens (primary N) is 1. The van der Waals surface area contributed by atoms with E-state index in [9.17, 15) is 5.11 Å². The zero-order chi connectivity index (χ0) is 12.3. The number of phenols is 1. The first-order chi connectivity index (χ1) is 8.24. The van der Waals surface area contributed by atoms with Crippen LogP contribution in [0.15, 0.2) is 18.2 Å². The summed E-state index contributed by atoms with van der Waals surface area (Å²) in [6.07, 6.45) is 4.84. The van der Waals surface area contributed by atoms with Gasteiger partial charge in [0.15, 0.2) is 11.5 Å². The van der Waals surface area contributed by atoms with E-state index in [0.717, 1.165) is 5.56 Å². The van der Waals surface area contributed by atoms with E-state index in [4.69, 9.17) is 10.5 Å². The molecule has 0 aromatic heterocycles. The molecule has 1 aromatic carbocycles.